The van der Waals surface area contributed by atoms with Gasteiger partial charge in [0.2, 0.25) is 0 Å². The Bertz CT molecular complexity index is 604. The van der Waals surface area contributed by atoms with Gasteiger partial charge in [0.05, 0.1) is 11.3 Å². The van der Waals surface area contributed by atoms with E-state index in [1.54, 1.807) is 7.05 Å². The minimum atomic E-state index is -0.157. The molecule has 1 aliphatic heterocycles. The van der Waals surface area contributed by atoms with Gasteiger partial charge < -0.3 is 4.90 Å². The predicted molar refractivity (Wildman–Crippen MR) is 88.4 cm³/mol. The number of nitrogens with zero attached hydrogens (tertiary/aromatic N) is 3. The second-order valence-corrected chi connectivity index (χ2v) is 6.57. The number of carbonyl (C=O) groups excluding carboxylic acids is 1. The highest BCUT2D eigenvalue weighted by molar-refractivity contribution is 6.28. The summed E-state index contributed by atoms with van der Waals surface area (Å²) in [5.74, 6) is -0.0448. The monoisotopic (exact) mass is 285 g/mol. The van der Waals surface area contributed by atoms with E-state index in [1.165, 1.54) is 5.01 Å². The van der Waals surface area contributed by atoms with E-state index in [4.69, 9.17) is 0 Å². The van der Waals surface area contributed by atoms with Crippen LogP contribution in [0.2, 0.25) is 0 Å². The van der Waals surface area contributed by atoms with Gasteiger partial charge in [0.25, 0.3) is 5.91 Å². The van der Waals surface area contributed by atoms with Crippen molar-refractivity contribution < 1.29 is 4.79 Å². The van der Waals surface area contributed by atoms with Crippen LogP contribution in [0.25, 0.3) is 6.08 Å². The topological polar surface area (TPSA) is 35.9 Å². The number of anilines is 1. The van der Waals surface area contributed by atoms with E-state index < -0.39 is 0 Å². The summed E-state index contributed by atoms with van der Waals surface area (Å²) in [5, 5.41) is 5.81. The van der Waals surface area contributed by atoms with Crippen molar-refractivity contribution in [2.45, 2.75) is 20.8 Å². The highest BCUT2D eigenvalue weighted by Gasteiger charge is 2.34. The third kappa shape index (κ3) is 3.15. The van der Waals surface area contributed by atoms with E-state index >= 15 is 0 Å². The van der Waals surface area contributed by atoms with Gasteiger partial charge in [-0.05, 0) is 23.8 Å². The zero-order valence-corrected chi connectivity index (χ0v) is 13.6. The molecule has 1 amide bonds. The van der Waals surface area contributed by atoms with Crippen LogP contribution in [0.4, 0.5) is 5.69 Å². The van der Waals surface area contributed by atoms with E-state index in [1.807, 2.05) is 49.3 Å². The number of benzene rings is 1. The van der Waals surface area contributed by atoms with Crippen LogP contribution in [0.15, 0.2) is 34.9 Å². The molecular weight excluding hydrogens is 262 g/mol. The molecule has 2 rings (SSSR count). The normalized spacial score (nSPS) is 17.4. The fraction of sp³-hybridized carbons (Fsp3) is 0.412. The Balaban J connectivity index is 2.39. The van der Waals surface area contributed by atoms with Gasteiger partial charge in [-0.1, -0.05) is 32.9 Å². The molecular formula is C17H23N3O. The predicted octanol–water partition coefficient (Wildman–Crippen LogP) is 3.01. The standard InChI is InChI=1S/C17H23N3O/c1-17(2,3)15-14(16(21)20(6)18-15)11-12-7-9-13(10-8-12)19(4)5/h7-11H,1-6H3. The second-order valence-electron chi connectivity index (χ2n) is 6.57. The molecule has 1 aliphatic rings. The molecule has 0 saturated heterocycles. The molecule has 0 spiro atoms. The van der Waals surface area contributed by atoms with Crippen molar-refractivity contribution in [3.63, 3.8) is 0 Å². The van der Waals surface area contributed by atoms with Gasteiger partial charge in [-0.15, -0.1) is 0 Å². The smallest absolute Gasteiger partial charge is 0.275 e. The molecule has 21 heavy (non-hydrogen) atoms. The number of carbonyl (C=O) groups is 1. The average molecular weight is 285 g/mol. The number of rotatable bonds is 2. The van der Waals surface area contributed by atoms with Gasteiger partial charge >= 0.3 is 0 Å². The van der Waals surface area contributed by atoms with Crippen molar-refractivity contribution in [1.29, 1.82) is 0 Å². The Morgan fingerprint density at radius 3 is 2.19 bits per heavy atom. The number of amides is 1. The molecule has 1 aromatic carbocycles. The number of likely N-dealkylation sites (N-methyl/N-ethyl adjacent to an activating group) is 1. The van der Waals surface area contributed by atoms with Crippen LogP contribution in [0.3, 0.4) is 0 Å². The first-order valence-corrected chi connectivity index (χ1v) is 7.07. The van der Waals surface area contributed by atoms with Crippen LogP contribution in [-0.4, -0.2) is 37.8 Å². The van der Waals surface area contributed by atoms with E-state index in [2.05, 4.69) is 25.9 Å². The molecule has 0 atom stereocenters. The Morgan fingerprint density at radius 2 is 1.71 bits per heavy atom. The van der Waals surface area contributed by atoms with Crippen molar-refractivity contribution in [3.8, 4) is 0 Å². The summed E-state index contributed by atoms with van der Waals surface area (Å²) in [6.45, 7) is 6.21. The quantitative estimate of drug-likeness (QED) is 0.783. The summed E-state index contributed by atoms with van der Waals surface area (Å²) in [4.78, 5) is 14.3. The molecule has 0 aromatic heterocycles. The maximum atomic E-state index is 12.3. The number of hydrazone groups is 1. The van der Waals surface area contributed by atoms with Crippen LogP contribution < -0.4 is 4.90 Å². The zero-order valence-electron chi connectivity index (χ0n) is 13.6. The maximum absolute atomic E-state index is 12.3. The molecule has 0 unspecified atom stereocenters. The summed E-state index contributed by atoms with van der Waals surface area (Å²) >= 11 is 0. The largest absolute Gasteiger partial charge is 0.378 e. The average Bonchev–Trinajstić information content (AvgIpc) is 2.67. The molecule has 0 radical (unpaired) electrons. The van der Waals surface area contributed by atoms with Crippen LogP contribution in [0.1, 0.15) is 26.3 Å². The third-order valence-corrected chi connectivity index (χ3v) is 3.46. The lowest BCUT2D eigenvalue weighted by Crippen LogP contribution is -2.22. The lowest BCUT2D eigenvalue weighted by atomic mass is 9.85. The second kappa shape index (κ2) is 5.35. The first-order valence-electron chi connectivity index (χ1n) is 7.07. The summed E-state index contributed by atoms with van der Waals surface area (Å²) in [6, 6.07) is 8.13. The van der Waals surface area contributed by atoms with Crippen LogP contribution >= 0.6 is 0 Å². The van der Waals surface area contributed by atoms with E-state index in [-0.39, 0.29) is 11.3 Å². The van der Waals surface area contributed by atoms with Gasteiger partial charge in [-0.2, -0.15) is 5.10 Å². The first kappa shape index (κ1) is 15.3. The van der Waals surface area contributed by atoms with Gasteiger partial charge in [-0.3, -0.25) is 4.79 Å². The van der Waals surface area contributed by atoms with Gasteiger partial charge in [0, 0.05) is 32.2 Å². The third-order valence-electron chi connectivity index (χ3n) is 3.46. The van der Waals surface area contributed by atoms with Crippen LogP contribution in [-0.2, 0) is 4.79 Å². The summed E-state index contributed by atoms with van der Waals surface area (Å²) in [7, 11) is 5.71. The molecule has 1 heterocycles. The maximum Gasteiger partial charge on any atom is 0.275 e. The molecule has 0 bridgehead atoms. The first-order chi connectivity index (χ1) is 9.70. The van der Waals surface area contributed by atoms with Crippen molar-refractivity contribution in [3.05, 3.63) is 35.4 Å². The van der Waals surface area contributed by atoms with Gasteiger partial charge in [-0.25, -0.2) is 5.01 Å². The Hall–Kier alpha value is -2.10. The molecule has 0 fully saturated rings. The van der Waals surface area contributed by atoms with Crippen molar-refractivity contribution in [1.82, 2.24) is 5.01 Å². The fourth-order valence-corrected chi connectivity index (χ4v) is 2.24. The van der Waals surface area contributed by atoms with Crippen molar-refractivity contribution >= 4 is 23.4 Å². The van der Waals surface area contributed by atoms with Gasteiger partial charge in [0.15, 0.2) is 0 Å². The summed E-state index contributed by atoms with van der Waals surface area (Å²) < 4.78 is 0. The SMILES string of the molecule is CN1N=C(C(C)(C)C)C(=Cc2ccc(N(C)C)cc2)C1=O. The van der Waals surface area contributed by atoms with Crippen LogP contribution in [0, 0.1) is 5.41 Å². The minimum absolute atomic E-state index is 0.0448. The van der Waals surface area contributed by atoms with Gasteiger partial charge in [0.1, 0.15) is 0 Å². The van der Waals surface area contributed by atoms with Crippen molar-refractivity contribution in [2.24, 2.45) is 10.5 Å². The highest BCUT2D eigenvalue weighted by atomic mass is 16.2. The fourth-order valence-electron chi connectivity index (χ4n) is 2.24. The summed E-state index contributed by atoms with van der Waals surface area (Å²) in [6.07, 6.45) is 1.93. The minimum Gasteiger partial charge on any atom is -0.378 e. The molecule has 4 heteroatoms. The molecule has 1 aromatic rings. The Morgan fingerprint density at radius 1 is 1.14 bits per heavy atom. The zero-order chi connectivity index (χ0) is 15.8. The highest BCUT2D eigenvalue weighted by Crippen LogP contribution is 2.29. The van der Waals surface area contributed by atoms with Crippen LogP contribution in [0.5, 0.6) is 0 Å². The molecule has 112 valence electrons. The molecule has 0 N–H and O–H groups in total. The van der Waals surface area contributed by atoms with E-state index in [0.29, 0.717) is 5.57 Å². The lowest BCUT2D eigenvalue weighted by molar-refractivity contribution is -0.124. The Labute approximate surface area is 126 Å². The van der Waals surface area contributed by atoms with E-state index in [0.717, 1.165) is 17.0 Å². The number of hydrogen-bond acceptors (Lipinski definition) is 3. The molecule has 4 nitrogen and oxygen atoms in total. The molecule has 0 saturated carbocycles. The lowest BCUT2D eigenvalue weighted by Gasteiger charge is -2.18. The van der Waals surface area contributed by atoms with E-state index in [9.17, 15) is 4.79 Å². The van der Waals surface area contributed by atoms with Crippen molar-refractivity contribution in [2.75, 3.05) is 26.0 Å². The number of hydrogen-bond donors (Lipinski definition) is 0. The summed E-state index contributed by atoms with van der Waals surface area (Å²) in [5.41, 5.74) is 3.51. The Kier molecular flexibility index (Phi) is 3.90. The molecule has 0 aliphatic carbocycles.